The van der Waals surface area contributed by atoms with Gasteiger partial charge < -0.3 is 4.57 Å². The molecule has 3 nitrogen and oxygen atoms in total. The zero-order valence-corrected chi connectivity index (χ0v) is 13.4. The van der Waals surface area contributed by atoms with Crippen molar-refractivity contribution in [2.24, 2.45) is 0 Å². The molecule has 2 heterocycles. The van der Waals surface area contributed by atoms with Crippen LogP contribution >= 0.6 is 11.6 Å². The maximum atomic E-state index is 13.0. The molecule has 0 amide bonds. The average molecular weight is 352 g/mol. The largest absolute Gasteiger partial charge is 0.417 e. The fraction of sp³-hybridized carbons (Fsp3) is 0.176. The summed E-state index contributed by atoms with van der Waals surface area (Å²) in [5, 5.41) is -0.315. The number of halogens is 4. The Bertz CT molecular complexity index is 872. The van der Waals surface area contributed by atoms with Gasteiger partial charge >= 0.3 is 6.18 Å². The van der Waals surface area contributed by atoms with E-state index in [1.807, 2.05) is 23.8 Å². The van der Waals surface area contributed by atoms with E-state index in [9.17, 15) is 13.2 Å². The molecule has 3 aromatic rings. The quantitative estimate of drug-likeness (QED) is 0.666. The molecule has 0 saturated heterocycles. The van der Waals surface area contributed by atoms with Crippen molar-refractivity contribution in [3.8, 4) is 11.1 Å². The van der Waals surface area contributed by atoms with Crippen LogP contribution in [0.25, 0.3) is 11.1 Å². The molecule has 0 unspecified atom stereocenters. The molecule has 0 fully saturated rings. The van der Waals surface area contributed by atoms with Gasteiger partial charge in [0.05, 0.1) is 17.1 Å². The number of alkyl halides is 3. The second kappa shape index (κ2) is 6.28. The van der Waals surface area contributed by atoms with Gasteiger partial charge in [0.25, 0.3) is 0 Å². The van der Waals surface area contributed by atoms with Crippen molar-refractivity contribution in [2.75, 3.05) is 0 Å². The van der Waals surface area contributed by atoms with Crippen LogP contribution in [-0.4, -0.2) is 14.5 Å². The number of benzene rings is 1. The molecular formula is C17H13ClF3N3. The van der Waals surface area contributed by atoms with Crippen molar-refractivity contribution < 1.29 is 13.2 Å². The molecule has 0 atom stereocenters. The number of imidazole rings is 1. The molecule has 124 valence electrons. The number of aryl methyl sites for hydroxylation is 1. The number of rotatable bonds is 3. The van der Waals surface area contributed by atoms with Crippen LogP contribution in [0.4, 0.5) is 13.2 Å². The topological polar surface area (TPSA) is 30.7 Å². The Morgan fingerprint density at radius 2 is 1.92 bits per heavy atom. The van der Waals surface area contributed by atoms with Crippen molar-refractivity contribution in [1.82, 2.24) is 14.5 Å². The van der Waals surface area contributed by atoms with Crippen LogP contribution in [0, 0.1) is 6.92 Å². The van der Waals surface area contributed by atoms with Crippen molar-refractivity contribution in [2.45, 2.75) is 19.6 Å². The molecule has 0 aliphatic heterocycles. The zero-order valence-electron chi connectivity index (χ0n) is 12.7. The van der Waals surface area contributed by atoms with Crippen LogP contribution in [0.15, 0.2) is 49.1 Å². The first kappa shape index (κ1) is 16.5. The molecule has 0 aliphatic rings. The summed E-state index contributed by atoms with van der Waals surface area (Å²) in [5.74, 6) is 0.853. The Balaban J connectivity index is 1.96. The van der Waals surface area contributed by atoms with Crippen LogP contribution in [0.1, 0.15) is 17.0 Å². The fourth-order valence-corrected chi connectivity index (χ4v) is 2.65. The highest BCUT2D eigenvalue weighted by Crippen LogP contribution is 2.37. The van der Waals surface area contributed by atoms with Gasteiger partial charge in [-0.3, -0.25) is 4.98 Å². The van der Waals surface area contributed by atoms with Crippen LogP contribution in [0.3, 0.4) is 0 Å². The van der Waals surface area contributed by atoms with Gasteiger partial charge in [0.15, 0.2) is 0 Å². The summed E-state index contributed by atoms with van der Waals surface area (Å²) in [6, 6.07) is 5.68. The third-order valence-electron chi connectivity index (χ3n) is 3.68. The first-order valence-corrected chi connectivity index (χ1v) is 7.51. The number of nitrogens with zero attached hydrogens (tertiary/aromatic N) is 3. The Hall–Kier alpha value is -2.34. The second-order valence-corrected chi connectivity index (χ2v) is 5.78. The van der Waals surface area contributed by atoms with E-state index in [4.69, 9.17) is 11.6 Å². The van der Waals surface area contributed by atoms with Gasteiger partial charge in [-0.1, -0.05) is 17.7 Å². The Morgan fingerprint density at radius 3 is 2.58 bits per heavy atom. The third-order valence-corrected chi connectivity index (χ3v) is 4.01. The van der Waals surface area contributed by atoms with Crippen LogP contribution < -0.4 is 0 Å². The van der Waals surface area contributed by atoms with E-state index in [-0.39, 0.29) is 5.02 Å². The van der Waals surface area contributed by atoms with E-state index in [0.29, 0.717) is 17.7 Å². The van der Waals surface area contributed by atoms with Crippen molar-refractivity contribution in [1.29, 1.82) is 0 Å². The lowest BCUT2D eigenvalue weighted by atomic mass is 10.0. The van der Waals surface area contributed by atoms with E-state index in [1.54, 1.807) is 18.5 Å². The monoisotopic (exact) mass is 351 g/mol. The predicted molar refractivity (Wildman–Crippen MR) is 85.8 cm³/mol. The normalized spacial score (nSPS) is 11.7. The van der Waals surface area contributed by atoms with Crippen molar-refractivity contribution in [3.63, 3.8) is 0 Å². The molecule has 0 aliphatic carbocycles. The van der Waals surface area contributed by atoms with E-state index in [1.165, 1.54) is 12.3 Å². The molecule has 1 aromatic carbocycles. The molecule has 3 rings (SSSR count). The predicted octanol–water partition coefficient (Wildman–Crippen LogP) is 4.97. The summed E-state index contributed by atoms with van der Waals surface area (Å²) < 4.78 is 41.0. The Kier molecular flexibility index (Phi) is 4.32. The first-order chi connectivity index (χ1) is 11.3. The van der Waals surface area contributed by atoms with Gasteiger partial charge in [-0.05, 0) is 36.2 Å². The summed E-state index contributed by atoms with van der Waals surface area (Å²) in [5.41, 5.74) is 1.05. The molecule has 0 spiro atoms. The van der Waals surface area contributed by atoms with E-state index in [0.717, 1.165) is 17.5 Å². The second-order valence-electron chi connectivity index (χ2n) is 5.38. The van der Waals surface area contributed by atoms with Gasteiger partial charge in [-0.2, -0.15) is 13.2 Å². The molecule has 0 radical (unpaired) electrons. The van der Waals surface area contributed by atoms with E-state index >= 15 is 0 Å². The molecule has 7 heteroatoms. The Labute approximate surface area is 141 Å². The minimum absolute atomic E-state index is 0.315. The highest BCUT2D eigenvalue weighted by atomic mass is 35.5. The molecule has 0 N–H and O–H groups in total. The Morgan fingerprint density at radius 1 is 1.12 bits per heavy atom. The third kappa shape index (κ3) is 3.43. The fourth-order valence-electron chi connectivity index (χ4n) is 2.42. The van der Waals surface area contributed by atoms with Gasteiger partial charge in [0, 0.05) is 30.4 Å². The molecule has 0 saturated carbocycles. The molecule has 0 bridgehead atoms. The molecular weight excluding hydrogens is 339 g/mol. The molecule has 24 heavy (non-hydrogen) atoms. The number of pyridine rings is 1. The van der Waals surface area contributed by atoms with Gasteiger partial charge in [-0.25, -0.2) is 4.98 Å². The van der Waals surface area contributed by atoms with E-state index < -0.39 is 11.7 Å². The van der Waals surface area contributed by atoms with Crippen molar-refractivity contribution >= 4 is 11.6 Å². The lowest BCUT2D eigenvalue weighted by Gasteiger charge is -2.12. The molecule has 2 aromatic heterocycles. The summed E-state index contributed by atoms with van der Waals surface area (Å²) in [4.78, 5) is 8.28. The zero-order chi connectivity index (χ0) is 17.3. The lowest BCUT2D eigenvalue weighted by molar-refractivity contribution is -0.137. The number of hydrogen-bond acceptors (Lipinski definition) is 2. The van der Waals surface area contributed by atoms with Crippen LogP contribution in [0.2, 0.25) is 5.02 Å². The minimum atomic E-state index is -4.49. The summed E-state index contributed by atoms with van der Waals surface area (Å²) in [7, 11) is 0. The van der Waals surface area contributed by atoms with E-state index in [2.05, 4.69) is 9.97 Å². The maximum absolute atomic E-state index is 13.0. The summed E-state index contributed by atoms with van der Waals surface area (Å²) in [6.07, 6.45) is 2.26. The lowest BCUT2D eigenvalue weighted by Crippen LogP contribution is -2.06. The number of aromatic nitrogens is 3. The smallest absolute Gasteiger partial charge is 0.331 e. The van der Waals surface area contributed by atoms with Crippen LogP contribution in [-0.2, 0) is 12.7 Å². The average Bonchev–Trinajstić information content (AvgIpc) is 2.92. The first-order valence-electron chi connectivity index (χ1n) is 7.13. The van der Waals surface area contributed by atoms with Gasteiger partial charge in [0.2, 0.25) is 0 Å². The maximum Gasteiger partial charge on any atom is 0.417 e. The highest BCUT2D eigenvalue weighted by molar-refractivity contribution is 6.31. The minimum Gasteiger partial charge on any atom is -0.331 e. The highest BCUT2D eigenvalue weighted by Gasteiger charge is 2.33. The van der Waals surface area contributed by atoms with Crippen LogP contribution in [0.5, 0.6) is 0 Å². The van der Waals surface area contributed by atoms with Gasteiger partial charge in [0.1, 0.15) is 5.82 Å². The summed E-state index contributed by atoms with van der Waals surface area (Å²) >= 11 is 5.67. The van der Waals surface area contributed by atoms with Crippen molar-refractivity contribution in [3.05, 3.63) is 71.0 Å². The standard InChI is InChI=1S/C17H13ClF3N3/c1-11-23-4-5-24(11)10-12-6-14(9-22-8-12)13-2-3-16(18)15(7-13)17(19,20)21/h2-9H,10H2,1H3. The summed E-state index contributed by atoms with van der Waals surface area (Å²) in [6.45, 7) is 2.43. The SMILES string of the molecule is Cc1nccn1Cc1cncc(-c2ccc(Cl)c(C(F)(F)F)c2)c1. The van der Waals surface area contributed by atoms with Gasteiger partial charge in [-0.15, -0.1) is 0 Å². The number of hydrogen-bond donors (Lipinski definition) is 0.